The summed E-state index contributed by atoms with van der Waals surface area (Å²) in [6.07, 6.45) is 0. The molecule has 1 aliphatic heterocycles. The van der Waals surface area contributed by atoms with E-state index < -0.39 is 0 Å². The molecule has 0 aromatic carbocycles. The monoisotopic (exact) mass is 196 g/mol. The van der Waals surface area contributed by atoms with E-state index >= 15 is 0 Å². The van der Waals surface area contributed by atoms with Crippen molar-refractivity contribution in [2.45, 2.75) is 41.5 Å². The van der Waals surface area contributed by atoms with Crippen LogP contribution in [0.25, 0.3) is 0 Å². The Morgan fingerprint density at radius 1 is 1.00 bits per heavy atom. The molecule has 1 heterocycles. The van der Waals surface area contributed by atoms with Crippen LogP contribution in [-0.2, 0) is 0 Å². The van der Waals surface area contributed by atoms with Crippen LogP contribution in [0.2, 0.25) is 0 Å². The van der Waals surface area contributed by atoms with Crippen LogP contribution >= 0.6 is 0 Å². The Hall–Kier alpha value is -0.860. The van der Waals surface area contributed by atoms with E-state index in [1.807, 2.05) is 0 Å². The molecule has 3 heteroatoms. The molecule has 1 unspecified atom stereocenters. The van der Waals surface area contributed by atoms with E-state index in [1.165, 1.54) is 0 Å². The first-order chi connectivity index (χ1) is 6.14. The van der Waals surface area contributed by atoms with Gasteiger partial charge < -0.3 is 5.11 Å². The van der Waals surface area contributed by atoms with Gasteiger partial charge in [-0.3, -0.25) is 0 Å². The van der Waals surface area contributed by atoms with Gasteiger partial charge in [0.2, 0.25) is 5.90 Å². The lowest BCUT2D eigenvalue weighted by atomic mass is 9.71. The minimum absolute atomic E-state index is 0.0316. The fraction of sp³-hybridized carbons (Fsp3) is 0.818. The Bertz CT molecular complexity index is 289. The first kappa shape index (κ1) is 11.2. The van der Waals surface area contributed by atoms with E-state index in [9.17, 15) is 5.11 Å². The third-order valence-corrected chi connectivity index (χ3v) is 2.43. The van der Waals surface area contributed by atoms with Crippen LogP contribution in [0.4, 0.5) is 0 Å². The molecule has 0 spiro atoms. The average molecular weight is 196 g/mol. The summed E-state index contributed by atoms with van der Waals surface area (Å²) >= 11 is 0. The van der Waals surface area contributed by atoms with Gasteiger partial charge in [-0.1, -0.05) is 41.5 Å². The van der Waals surface area contributed by atoms with Crippen molar-refractivity contribution in [1.82, 2.24) is 0 Å². The van der Waals surface area contributed by atoms with Gasteiger partial charge in [0.05, 0.1) is 11.6 Å². The Morgan fingerprint density at radius 2 is 1.50 bits per heavy atom. The predicted octanol–water partition coefficient (Wildman–Crippen LogP) is 3.02. The first-order valence-electron chi connectivity index (χ1n) is 4.99. The zero-order valence-corrected chi connectivity index (χ0v) is 9.92. The number of aliphatic hydroxyl groups excluding tert-OH is 1. The van der Waals surface area contributed by atoms with Crippen molar-refractivity contribution in [1.29, 1.82) is 0 Å². The molecule has 1 rings (SSSR count). The molecule has 0 aromatic heterocycles. The number of hydrogen-bond acceptors (Lipinski definition) is 2. The highest BCUT2D eigenvalue weighted by molar-refractivity contribution is 6.09. The lowest BCUT2D eigenvalue weighted by Gasteiger charge is -2.32. The maximum absolute atomic E-state index is 9.69. The van der Waals surface area contributed by atoms with Gasteiger partial charge >= 0.3 is 0 Å². The number of rotatable bonds is 0. The van der Waals surface area contributed by atoms with Gasteiger partial charge in [-0.25, -0.2) is 0 Å². The molecule has 1 N–H and O–H groups in total. The molecule has 0 amide bonds. The summed E-state index contributed by atoms with van der Waals surface area (Å²) in [4.78, 5) is 0. The highest BCUT2D eigenvalue weighted by Gasteiger charge is 2.41. The van der Waals surface area contributed by atoms with Crippen molar-refractivity contribution >= 4 is 11.6 Å². The standard InChI is InChI=1S/C11H20N2O/c1-10(2,3)7-8(11(4,5)6)12-13-9(7)14/h7H,1-6H3,(H,13,14). The van der Waals surface area contributed by atoms with E-state index in [1.54, 1.807) is 0 Å². The van der Waals surface area contributed by atoms with Crippen molar-refractivity contribution in [3.63, 3.8) is 0 Å². The summed E-state index contributed by atoms with van der Waals surface area (Å²) in [5.74, 6) is 0.116. The van der Waals surface area contributed by atoms with Crippen LogP contribution < -0.4 is 0 Å². The fourth-order valence-corrected chi connectivity index (χ4v) is 1.72. The molecule has 0 fully saturated rings. The van der Waals surface area contributed by atoms with Crippen molar-refractivity contribution in [2.75, 3.05) is 0 Å². The minimum Gasteiger partial charge on any atom is -0.495 e. The number of aliphatic hydroxyl groups is 1. The van der Waals surface area contributed by atoms with E-state index in [-0.39, 0.29) is 22.6 Å². The van der Waals surface area contributed by atoms with Crippen molar-refractivity contribution in [3.8, 4) is 0 Å². The van der Waals surface area contributed by atoms with Crippen molar-refractivity contribution in [3.05, 3.63) is 0 Å². The fourth-order valence-electron chi connectivity index (χ4n) is 1.72. The minimum atomic E-state index is -0.0394. The second kappa shape index (κ2) is 3.07. The second-order valence-corrected chi connectivity index (χ2v) is 5.99. The van der Waals surface area contributed by atoms with Gasteiger partial charge in [0.1, 0.15) is 0 Å². The third-order valence-electron chi connectivity index (χ3n) is 2.43. The van der Waals surface area contributed by atoms with Crippen LogP contribution in [0.1, 0.15) is 41.5 Å². The van der Waals surface area contributed by atoms with Gasteiger partial charge in [0.25, 0.3) is 0 Å². The predicted molar refractivity (Wildman–Crippen MR) is 59.9 cm³/mol. The largest absolute Gasteiger partial charge is 0.495 e. The topological polar surface area (TPSA) is 45.0 Å². The molecular formula is C11H20N2O. The highest BCUT2D eigenvalue weighted by Crippen LogP contribution is 2.37. The third kappa shape index (κ3) is 1.97. The summed E-state index contributed by atoms with van der Waals surface area (Å²) in [7, 11) is 0. The van der Waals surface area contributed by atoms with E-state index in [0.29, 0.717) is 0 Å². The summed E-state index contributed by atoms with van der Waals surface area (Å²) in [6.45, 7) is 12.6. The summed E-state index contributed by atoms with van der Waals surface area (Å²) in [5, 5.41) is 17.6. The van der Waals surface area contributed by atoms with Crippen LogP contribution in [0.15, 0.2) is 10.2 Å². The van der Waals surface area contributed by atoms with Gasteiger partial charge in [-0.2, -0.15) is 5.10 Å². The van der Waals surface area contributed by atoms with Crippen LogP contribution in [0, 0.1) is 16.7 Å². The normalized spacial score (nSPS) is 23.4. The molecule has 0 bridgehead atoms. The Labute approximate surface area is 85.9 Å². The Balaban J connectivity index is 3.04. The van der Waals surface area contributed by atoms with E-state index in [0.717, 1.165) is 5.71 Å². The summed E-state index contributed by atoms with van der Waals surface area (Å²) in [6, 6.07) is 0. The number of nitrogens with zero attached hydrogens (tertiary/aromatic N) is 2. The molecule has 0 radical (unpaired) electrons. The zero-order chi connectivity index (χ0) is 11.1. The SMILES string of the molecule is CC(C)(C)C1=NN=C(O)C1C(C)(C)C. The Morgan fingerprint density at radius 3 is 1.79 bits per heavy atom. The maximum atomic E-state index is 9.69. The van der Waals surface area contributed by atoms with Gasteiger partial charge in [0, 0.05) is 5.41 Å². The molecule has 0 saturated carbocycles. The second-order valence-electron chi connectivity index (χ2n) is 5.99. The smallest absolute Gasteiger partial charge is 0.215 e. The first-order valence-corrected chi connectivity index (χ1v) is 4.99. The molecule has 0 saturated heterocycles. The number of hydrogen-bond donors (Lipinski definition) is 1. The molecule has 0 aromatic rings. The molecule has 3 nitrogen and oxygen atoms in total. The summed E-state index contributed by atoms with van der Waals surface area (Å²) < 4.78 is 0. The lowest BCUT2D eigenvalue weighted by Crippen LogP contribution is -2.39. The highest BCUT2D eigenvalue weighted by atomic mass is 16.3. The van der Waals surface area contributed by atoms with E-state index in [2.05, 4.69) is 51.7 Å². The van der Waals surface area contributed by atoms with Crippen LogP contribution in [-0.4, -0.2) is 16.7 Å². The van der Waals surface area contributed by atoms with Gasteiger partial charge in [0.15, 0.2) is 0 Å². The van der Waals surface area contributed by atoms with Crippen molar-refractivity contribution in [2.24, 2.45) is 27.0 Å². The molecule has 80 valence electrons. The Kier molecular flexibility index (Phi) is 2.46. The van der Waals surface area contributed by atoms with Crippen molar-refractivity contribution < 1.29 is 5.11 Å². The molecule has 1 atom stereocenters. The van der Waals surface area contributed by atoms with E-state index in [4.69, 9.17) is 0 Å². The molecule has 0 aliphatic carbocycles. The average Bonchev–Trinajstić information content (AvgIpc) is 2.27. The van der Waals surface area contributed by atoms with Crippen LogP contribution in [0.5, 0.6) is 0 Å². The lowest BCUT2D eigenvalue weighted by molar-refractivity contribution is 0.331. The molecule has 1 aliphatic rings. The van der Waals surface area contributed by atoms with Gasteiger partial charge in [-0.15, -0.1) is 5.10 Å². The summed E-state index contributed by atoms with van der Waals surface area (Å²) in [5.41, 5.74) is 0.907. The van der Waals surface area contributed by atoms with Crippen LogP contribution in [0.3, 0.4) is 0 Å². The zero-order valence-electron chi connectivity index (χ0n) is 9.92. The quantitative estimate of drug-likeness (QED) is 0.636. The maximum Gasteiger partial charge on any atom is 0.215 e. The molecule has 14 heavy (non-hydrogen) atoms. The molecular weight excluding hydrogens is 176 g/mol. The van der Waals surface area contributed by atoms with Gasteiger partial charge in [-0.05, 0) is 5.41 Å².